The van der Waals surface area contributed by atoms with E-state index in [2.05, 4.69) is 40.7 Å². The fourth-order valence-electron chi connectivity index (χ4n) is 2.22. The van der Waals surface area contributed by atoms with Crippen LogP contribution in [0.5, 0.6) is 5.75 Å². The molecule has 5 heteroatoms. The Bertz CT molecular complexity index is 561. The third-order valence-electron chi connectivity index (χ3n) is 3.43. The number of esters is 1. The molecule has 1 atom stereocenters. The molecule has 0 aromatic heterocycles. The van der Waals surface area contributed by atoms with Crippen molar-refractivity contribution in [3.63, 3.8) is 0 Å². The lowest BCUT2D eigenvalue weighted by molar-refractivity contribution is -0.135. The molecule has 0 N–H and O–H groups in total. The lowest BCUT2D eigenvalue weighted by Crippen LogP contribution is -2.17. The van der Waals surface area contributed by atoms with Gasteiger partial charge in [-0.2, -0.15) is 0 Å². The minimum absolute atomic E-state index is 0.0881. The molecule has 1 unspecified atom stereocenters. The highest BCUT2D eigenvalue weighted by Crippen LogP contribution is 2.44. The Hall–Kier alpha value is -0.960. The summed E-state index contributed by atoms with van der Waals surface area (Å²) < 4.78 is 17.2. The summed E-state index contributed by atoms with van der Waals surface area (Å²) >= 11 is 0. The third-order valence-corrected chi connectivity index (χ3v) is 5.34. The van der Waals surface area contributed by atoms with Crippen LogP contribution in [0.4, 0.5) is 0 Å². The average molecular weight is 368 g/mol. The van der Waals surface area contributed by atoms with Crippen LogP contribution in [0.15, 0.2) is 18.2 Å². The zero-order valence-corrected chi connectivity index (χ0v) is 17.8. The molecule has 0 aliphatic rings. The van der Waals surface area contributed by atoms with Crippen LogP contribution in [0, 0.1) is 6.92 Å². The van der Waals surface area contributed by atoms with E-state index in [0.717, 1.165) is 11.1 Å². The molecule has 4 nitrogen and oxygen atoms in total. The predicted octanol–water partition coefficient (Wildman–Crippen LogP) is 5.75. The molecule has 0 saturated carbocycles. The van der Waals surface area contributed by atoms with Gasteiger partial charge < -0.3 is 13.8 Å². The summed E-state index contributed by atoms with van der Waals surface area (Å²) in [7, 11) is -0.986. The largest absolute Gasteiger partial charge is 0.426 e. The standard InChI is InChI=1S/C20H33O4P/c1-14(2)24-25(15(3)4)22-12-11-19(21)23-18-10-9-16(5)13-17(18)20(6,7)8/h9-10,13-15H,11-12H2,1-8H3. The first-order valence-corrected chi connectivity index (χ1v) is 10.2. The van der Waals surface area contributed by atoms with Gasteiger partial charge in [0.05, 0.1) is 19.1 Å². The van der Waals surface area contributed by atoms with Gasteiger partial charge >= 0.3 is 5.97 Å². The minimum Gasteiger partial charge on any atom is -0.426 e. The van der Waals surface area contributed by atoms with Crippen molar-refractivity contribution in [2.75, 3.05) is 6.61 Å². The van der Waals surface area contributed by atoms with Gasteiger partial charge in [0.25, 0.3) is 0 Å². The van der Waals surface area contributed by atoms with Crippen LogP contribution >= 0.6 is 8.38 Å². The molecule has 0 bridgehead atoms. The number of benzene rings is 1. The number of carbonyl (C=O) groups excluding carboxylic acids is 1. The van der Waals surface area contributed by atoms with Gasteiger partial charge in [-0.05, 0) is 32.3 Å². The van der Waals surface area contributed by atoms with E-state index in [9.17, 15) is 4.79 Å². The molecule has 0 radical (unpaired) electrons. The lowest BCUT2D eigenvalue weighted by Gasteiger charge is -2.23. The number of rotatable bonds is 8. The molecule has 25 heavy (non-hydrogen) atoms. The lowest BCUT2D eigenvalue weighted by atomic mass is 9.85. The van der Waals surface area contributed by atoms with Crippen molar-refractivity contribution in [3.8, 4) is 5.75 Å². The first kappa shape index (κ1) is 22.1. The molecule has 142 valence electrons. The number of carbonyl (C=O) groups is 1. The summed E-state index contributed by atoms with van der Waals surface area (Å²) in [5, 5.41) is 0. The first-order valence-electron chi connectivity index (χ1n) is 8.91. The number of hydrogen-bond donors (Lipinski definition) is 0. The number of hydrogen-bond acceptors (Lipinski definition) is 4. The zero-order valence-electron chi connectivity index (χ0n) is 16.9. The second kappa shape index (κ2) is 9.66. The molecular formula is C20H33O4P. The predicted molar refractivity (Wildman–Crippen MR) is 104 cm³/mol. The molecule has 0 saturated heterocycles. The highest BCUT2D eigenvalue weighted by Gasteiger charge is 2.22. The van der Waals surface area contributed by atoms with E-state index in [1.807, 2.05) is 32.9 Å². The van der Waals surface area contributed by atoms with Gasteiger partial charge in [-0.25, -0.2) is 0 Å². The average Bonchev–Trinajstić information content (AvgIpc) is 2.46. The van der Waals surface area contributed by atoms with E-state index in [1.54, 1.807) is 0 Å². The van der Waals surface area contributed by atoms with Crippen LogP contribution in [0.1, 0.15) is 66.0 Å². The molecule has 0 fully saturated rings. The Morgan fingerprint density at radius 3 is 2.32 bits per heavy atom. The molecule has 0 spiro atoms. The fourth-order valence-corrected chi connectivity index (χ4v) is 3.51. The Balaban J connectivity index is 2.63. The smallest absolute Gasteiger partial charge is 0.313 e. The molecular weight excluding hydrogens is 335 g/mol. The van der Waals surface area contributed by atoms with Crippen molar-refractivity contribution in [1.82, 2.24) is 0 Å². The summed E-state index contributed by atoms with van der Waals surface area (Å²) in [5.74, 6) is 0.352. The van der Waals surface area contributed by atoms with Crippen LogP contribution in [0.2, 0.25) is 0 Å². The van der Waals surface area contributed by atoms with E-state index in [1.165, 1.54) is 0 Å². The molecule has 1 rings (SSSR count). The van der Waals surface area contributed by atoms with E-state index in [0.29, 0.717) is 12.4 Å². The van der Waals surface area contributed by atoms with Crippen molar-refractivity contribution >= 4 is 14.3 Å². The van der Waals surface area contributed by atoms with Crippen molar-refractivity contribution in [2.45, 2.75) is 79.0 Å². The maximum atomic E-state index is 12.2. The summed E-state index contributed by atoms with van der Waals surface area (Å²) in [6.45, 7) is 16.8. The zero-order chi connectivity index (χ0) is 19.2. The van der Waals surface area contributed by atoms with Crippen molar-refractivity contribution in [1.29, 1.82) is 0 Å². The molecule has 0 aliphatic carbocycles. The van der Waals surface area contributed by atoms with Crippen LogP contribution in [0.25, 0.3) is 0 Å². The Morgan fingerprint density at radius 1 is 1.16 bits per heavy atom. The van der Waals surface area contributed by atoms with Crippen LogP contribution < -0.4 is 4.74 Å². The molecule has 0 amide bonds. The molecule has 0 aliphatic heterocycles. The van der Waals surface area contributed by atoms with Gasteiger partial charge in [0, 0.05) is 11.2 Å². The summed E-state index contributed by atoms with van der Waals surface area (Å²) in [6, 6.07) is 5.91. The monoisotopic (exact) mass is 368 g/mol. The minimum atomic E-state index is -0.986. The van der Waals surface area contributed by atoms with Crippen molar-refractivity contribution < 1.29 is 18.6 Å². The fraction of sp³-hybridized carbons (Fsp3) is 0.650. The second-order valence-electron chi connectivity index (χ2n) is 7.84. The quantitative estimate of drug-likeness (QED) is 0.333. The van der Waals surface area contributed by atoms with Gasteiger partial charge in [0.2, 0.25) is 0 Å². The van der Waals surface area contributed by atoms with Gasteiger partial charge in [0.1, 0.15) is 5.75 Å². The maximum absolute atomic E-state index is 12.2. The Labute approximate surface area is 154 Å². The number of ether oxygens (including phenoxy) is 1. The van der Waals surface area contributed by atoms with E-state index in [-0.39, 0.29) is 29.6 Å². The Morgan fingerprint density at radius 2 is 1.80 bits per heavy atom. The maximum Gasteiger partial charge on any atom is 0.313 e. The SMILES string of the molecule is Cc1ccc(OC(=O)CCOP(OC(C)C)C(C)C)c(C(C)(C)C)c1. The van der Waals surface area contributed by atoms with Crippen molar-refractivity contribution in [2.24, 2.45) is 0 Å². The molecule has 1 aromatic carbocycles. The summed E-state index contributed by atoms with van der Waals surface area (Å²) in [6.07, 6.45) is 0.326. The third kappa shape index (κ3) is 7.85. The van der Waals surface area contributed by atoms with Gasteiger partial charge in [-0.1, -0.05) is 52.3 Å². The van der Waals surface area contributed by atoms with E-state index in [4.69, 9.17) is 13.8 Å². The molecule has 1 aromatic rings. The topological polar surface area (TPSA) is 44.8 Å². The van der Waals surface area contributed by atoms with Crippen molar-refractivity contribution in [3.05, 3.63) is 29.3 Å². The number of aryl methyl sites for hydroxylation is 1. The summed E-state index contributed by atoms with van der Waals surface area (Å²) in [4.78, 5) is 12.2. The second-order valence-corrected chi connectivity index (χ2v) is 9.91. The normalized spacial score (nSPS) is 13.4. The highest BCUT2D eigenvalue weighted by molar-refractivity contribution is 7.48. The van der Waals surface area contributed by atoms with Crippen LogP contribution in [-0.4, -0.2) is 24.3 Å². The summed E-state index contributed by atoms with van der Waals surface area (Å²) in [5.41, 5.74) is 2.39. The van der Waals surface area contributed by atoms with E-state index < -0.39 is 8.38 Å². The van der Waals surface area contributed by atoms with Gasteiger partial charge in [-0.15, -0.1) is 0 Å². The first-order chi connectivity index (χ1) is 11.5. The van der Waals surface area contributed by atoms with Crippen LogP contribution in [-0.2, 0) is 19.3 Å². The van der Waals surface area contributed by atoms with Crippen LogP contribution in [0.3, 0.4) is 0 Å². The van der Waals surface area contributed by atoms with E-state index >= 15 is 0 Å². The Kier molecular flexibility index (Phi) is 8.53. The highest BCUT2D eigenvalue weighted by atomic mass is 31.2. The van der Waals surface area contributed by atoms with Gasteiger partial charge in [-0.3, -0.25) is 4.79 Å². The molecule has 0 heterocycles. The van der Waals surface area contributed by atoms with Gasteiger partial charge in [0.15, 0.2) is 8.38 Å².